The summed E-state index contributed by atoms with van der Waals surface area (Å²) in [5, 5.41) is 11.8. The average Bonchev–Trinajstić information content (AvgIpc) is 2.79. The van der Waals surface area contributed by atoms with E-state index >= 15 is 0 Å². The van der Waals surface area contributed by atoms with Crippen LogP contribution in [-0.2, 0) is 4.79 Å². The van der Waals surface area contributed by atoms with E-state index in [1.165, 1.54) is 29.2 Å². The van der Waals surface area contributed by atoms with Gasteiger partial charge in [-0.1, -0.05) is 12.1 Å². The Labute approximate surface area is 193 Å². The van der Waals surface area contributed by atoms with Gasteiger partial charge in [0.05, 0.1) is 5.56 Å². The first-order valence-electron chi connectivity index (χ1n) is 10.5. The predicted octanol–water partition coefficient (Wildman–Crippen LogP) is 4.35. The molecule has 0 unspecified atom stereocenters. The molecule has 0 aromatic heterocycles. The van der Waals surface area contributed by atoms with Crippen LogP contribution in [0.2, 0.25) is 0 Å². The van der Waals surface area contributed by atoms with Gasteiger partial charge in [-0.05, 0) is 79.6 Å². The Balaban J connectivity index is 1.89. The zero-order valence-corrected chi connectivity index (χ0v) is 19.1. The molecule has 3 aromatic carbocycles. The molecule has 0 atom stereocenters. The maximum Gasteiger partial charge on any atom is 0.335 e. The largest absolute Gasteiger partial charge is 0.478 e. The van der Waals surface area contributed by atoms with Gasteiger partial charge in [-0.25, -0.2) is 4.79 Å². The molecular formula is C26H27N3O4. The molecular weight excluding hydrogens is 418 g/mol. The van der Waals surface area contributed by atoms with Crippen molar-refractivity contribution >= 4 is 34.8 Å². The van der Waals surface area contributed by atoms with Crippen molar-refractivity contribution in [3.63, 3.8) is 0 Å². The van der Waals surface area contributed by atoms with E-state index in [0.717, 1.165) is 16.8 Å². The van der Waals surface area contributed by atoms with Crippen LogP contribution >= 0.6 is 0 Å². The molecule has 0 spiro atoms. The van der Waals surface area contributed by atoms with Crippen LogP contribution < -0.4 is 15.1 Å². The van der Waals surface area contributed by atoms with E-state index in [0.29, 0.717) is 16.9 Å². The lowest BCUT2D eigenvalue weighted by molar-refractivity contribution is -0.114. The van der Waals surface area contributed by atoms with Crippen molar-refractivity contribution in [1.82, 2.24) is 0 Å². The van der Waals surface area contributed by atoms with Gasteiger partial charge >= 0.3 is 5.97 Å². The number of nitrogens with zero attached hydrogens (tertiary/aromatic N) is 2. The predicted molar refractivity (Wildman–Crippen MR) is 130 cm³/mol. The highest BCUT2D eigenvalue weighted by atomic mass is 16.4. The summed E-state index contributed by atoms with van der Waals surface area (Å²) >= 11 is 0. The standard InChI is InChI=1S/C26H27N3O4/c1-17-8-13-23(14-18(17)2)29(25(31)20-6-5-7-22(15-20)28(3)4)16-24(30)27-21-11-9-19(10-12-21)26(32)33/h5-15H,16H2,1-4H3,(H,27,30)(H,32,33). The minimum Gasteiger partial charge on any atom is -0.478 e. The van der Waals surface area contributed by atoms with E-state index in [-0.39, 0.29) is 18.0 Å². The zero-order valence-electron chi connectivity index (χ0n) is 19.1. The molecule has 33 heavy (non-hydrogen) atoms. The minimum absolute atomic E-state index is 0.126. The van der Waals surface area contributed by atoms with Gasteiger partial charge in [-0.3, -0.25) is 14.5 Å². The second-order valence-electron chi connectivity index (χ2n) is 8.04. The molecule has 170 valence electrons. The summed E-state index contributed by atoms with van der Waals surface area (Å²) in [6, 6.07) is 18.7. The number of hydrogen-bond acceptors (Lipinski definition) is 4. The van der Waals surface area contributed by atoms with E-state index in [2.05, 4.69) is 5.32 Å². The van der Waals surface area contributed by atoms with Gasteiger partial charge in [-0.15, -0.1) is 0 Å². The van der Waals surface area contributed by atoms with Crippen molar-refractivity contribution in [3.05, 3.63) is 89.0 Å². The van der Waals surface area contributed by atoms with Gasteiger partial charge in [0.2, 0.25) is 5.91 Å². The van der Waals surface area contributed by atoms with Crippen LogP contribution in [0.3, 0.4) is 0 Å². The Hall–Kier alpha value is -4.13. The molecule has 0 bridgehead atoms. The Kier molecular flexibility index (Phi) is 7.13. The summed E-state index contributed by atoms with van der Waals surface area (Å²) in [5.74, 6) is -1.73. The van der Waals surface area contributed by atoms with Crippen LogP contribution in [-0.4, -0.2) is 43.5 Å². The van der Waals surface area contributed by atoms with Crippen molar-refractivity contribution in [2.75, 3.05) is 35.8 Å². The van der Waals surface area contributed by atoms with E-state index in [1.54, 1.807) is 12.1 Å². The molecule has 7 heteroatoms. The normalized spacial score (nSPS) is 10.4. The van der Waals surface area contributed by atoms with E-state index in [9.17, 15) is 14.4 Å². The number of amides is 2. The number of carbonyl (C=O) groups is 3. The van der Waals surface area contributed by atoms with Gasteiger partial charge in [0, 0.05) is 36.7 Å². The summed E-state index contributed by atoms with van der Waals surface area (Å²) in [5.41, 5.74) is 4.64. The van der Waals surface area contributed by atoms with Crippen LogP contribution in [0.5, 0.6) is 0 Å². The summed E-state index contributed by atoms with van der Waals surface area (Å²) < 4.78 is 0. The van der Waals surface area contributed by atoms with Crippen molar-refractivity contribution in [1.29, 1.82) is 0 Å². The molecule has 3 aromatic rings. The van der Waals surface area contributed by atoms with Crippen molar-refractivity contribution in [3.8, 4) is 0 Å². The van der Waals surface area contributed by atoms with Gasteiger partial charge < -0.3 is 15.3 Å². The van der Waals surface area contributed by atoms with Crippen molar-refractivity contribution in [2.45, 2.75) is 13.8 Å². The topological polar surface area (TPSA) is 90.0 Å². The van der Waals surface area contributed by atoms with Crippen LogP contribution in [0.4, 0.5) is 17.1 Å². The maximum atomic E-state index is 13.5. The highest BCUT2D eigenvalue weighted by Crippen LogP contribution is 2.23. The van der Waals surface area contributed by atoms with Gasteiger partial charge in [-0.2, -0.15) is 0 Å². The molecule has 3 rings (SSSR count). The number of aryl methyl sites for hydroxylation is 2. The number of rotatable bonds is 7. The molecule has 0 aliphatic heterocycles. The summed E-state index contributed by atoms with van der Waals surface area (Å²) in [6.07, 6.45) is 0. The van der Waals surface area contributed by atoms with Gasteiger partial charge in [0.25, 0.3) is 5.91 Å². The van der Waals surface area contributed by atoms with Crippen molar-refractivity contribution < 1.29 is 19.5 Å². The lowest BCUT2D eigenvalue weighted by Gasteiger charge is -2.24. The highest BCUT2D eigenvalue weighted by molar-refractivity contribution is 6.10. The van der Waals surface area contributed by atoms with Gasteiger partial charge in [0.1, 0.15) is 6.54 Å². The second-order valence-corrected chi connectivity index (χ2v) is 8.04. The minimum atomic E-state index is -1.04. The second kappa shape index (κ2) is 9.99. The monoisotopic (exact) mass is 445 g/mol. The number of hydrogen-bond donors (Lipinski definition) is 2. The molecule has 0 saturated heterocycles. The Morgan fingerprint density at radius 2 is 1.52 bits per heavy atom. The first kappa shape index (κ1) is 23.5. The third-order valence-corrected chi connectivity index (χ3v) is 5.37. The SMILES string of the molecule is Cc1ccc(N(CC(=O)Nc2ccc(C(=O)O)cc2)C(=O)c2cccc(N(C)C)c2)cc1C. The average molecular weight is 446 g/mol. The lowest BCUT2D eigenvalue weighted by atomic mass is 10.1. The fourth-order valence-corrected chi connectivity index (χ4v) is 3.29. The molecule has 7 nitrogen and oxygen atoms in total. The molecule has 2 amide bonds. The number of anilines is 3. The number of carboxylic acids is 1. The van der Waals surface area contributed by atoms with Crippen LogP contribution in [0.15, 0.2) is 66.7 Å². The molecule has 0 saturated carbocycles. The number of carbonyl (C=O) groups excluding carboxylic acids is 2. The van der Waals surface area contributed by atoms with Crippen LogP contribution in [0.25, 0.3) is 0 Å². The summed E-state index contributed by atoms with van der Waals surface area (Å²) in [4.78, 5) is 40.7. The fraction of sp³-hybridized carbons (Fsp3) is 0.192. The summed E-state index contributed by atoms with van der Waals surface area (Å²) in [6.45, 7) is 3.74. The first-order chi connectivity index (χ1) is 15.7. The Morgan fingerprint density at radius 3 is 2.12 bits per heavy atom. The van der Waals surface area contributed by atoms with E-state index in [1.807, 2.05) is 63.2 Å². The molecule has 0 heterocycles. The van der Waals surface area contributed by atoms with Crippen LogP contribution in [0.1, 0.15) is 31.8 Å². The number of nitrogens with one attached hydrogen (secondary N) is 1. The quantitative estimate of drug-likeness (QED) is 0.564. The molecule has 0 aliphatic rings. The Morgan fingerprint density at radius 1 is 0.818 bits per heavy atom. The summed E-state index contributed by atoms with van der Waals surface area (Å²) in [7, 11) is 3.79. The van der Waals surface area contributed by atoms with E-state index in [4.69, 9.17) is 5.11 Å². The third kappa shape index (κ3) is 5.77. The van der Waals surface area contributed by atoms with Crippen molar-refractivity contribution in [2.24, 2.45) is 0 Å². The molecule has 2 N–H and O–H groups in total. The zero-order chi connectivity index (χ0) is 24.1. The Bertz CT molecular complexity index is 1190. The fourth-order valence-electron chi connectivity index (χ4n) is 3.29. The molecule has 0 fully saturated rings. The van der Waals surface area contributed by atoms with E-state index < -0.39 is 11.9 Å². The number of carboxylic acid groups (broad SMARTS) is 1. The van der Waals surface area contributed by atoms with Crippen LogP contribution in [0, 0.1) is 13.8 Å². The lowest BCUT2D eigenvalue weighted by Crippen LogP contribution is -2.38. The smallest absolute Gasteiger partial charge is 0.335 e. The third-order valence-electron chi connectivity index (χ3n) is 5.37. The number of aromatic carboxylic acids is 1. The van der Waals surface area contributed by atoms with Gasteiger partial charge in [0.15, 0.2) is 0 Å². The first-order valence-corrected chi connectivity index (χ1v) is 10.5. The number of benzene rings is 3. The maximum absolute atomic E-state index is 13.5. The highest BCUT2D eigenvalue weighted by Gasteiger charge is 2.22. The molecule has 0 radical (unpaired) electrons. The molecule has 0 aliphatic carbocycles.